The molecule has 2 aromatic rings. The molecule has 1 aliphatic rings. The summed E-state index contributed by atoms with van der Waals surface area (Å²) < 4.78 is 13.6. The van der Waals surface area contributed by atoms with Crippen LogP contribution in [-0.2, 0) is 11.3 Å². The summed E-state index contributed by atoms with van der Waals surface area (Å²) in [6.07, 6.45) is 3.09. The van der Waals surface area contributed by atoms with Crippen LogP contribution in [0.1, 0.15) is 31.1 Å². The second-order valence-corrected chi connectivity index (χ2v) is 5.93. The van der Waals surface area contributed by atoms with E-state index in [0.717, 1.165) is 31.4 Å². The van der Waals surface area contributed by atoms with Gasteiger partial charge in [-0.1, -0.05) is 29.8 Å². The van der Waals surface area contributed by atoms with Gasteiger partial charge in [0.25, 0.3) is 0 Å². The van der Waals surface area contributed by atoms with Gasteiger partial charge in [0.15, 0.2) is 6.23 Å². The lowest BCUT2D eigenvalue weighted by Gasteiger charge is -2.22. The topological polar surface area (TPSA) is 49.2 Å². The average molecular weight is 373 g/mol. The van der Waals surface area contributed by atoms with E-state index in [1.165, 1.54) is 0 Å². The Kier molecular flexibility index (Phi) is 4.77. The largest absolute Gasteiger partial charge is 0.457 e. The quantitative estimate of drug-likeness (QED) is 0.815. The van der Waals surface area contributed by atoms with E-state index in [1.807, 2.05) is 24.3 Å². The number of rotatable bonds is 4. The Bertz CT molecular complexity index is 614. The Hall–Kier alpha value is -1.11. The van der Waals surface area contributed by atoms with Crippen molar-refractivity contribution < 1.29 is 9.47 Å². The molecule has 2 heterocycles. The number of halogens is 2. The fraction of sp³-hybridized carbons (Fsp3) is 0.429. The van der Waals surface area contributed by atoms with Gasteiger partial charge in [-0.3, -0.25) is 0 Å². The van der Waals surface area contributed by atoms with Gasteiger partial charge in [0.2, 0.25) is 4.73 Å². The summed E-state index contributed by atoms with van der Waals surface area (Å²) in [4.78, 5) is 4.25. The van der Waals surface area contributed by atoms with E-state index in [1.54, 1.807) is 4.68 Å². The first-order valence-electron chi connectivity index (χ1n) is 6.84. The molecule has 1 aromatic heterocycles. The zero-order valence-electron chi connectivity index (χ0n) is 11.3. The van der Waals surface area contributed by atoms with Crippen molar-refractivity contribution in [1.82, 2.24) is 14.8 Å². The molecule has 0 amide bonds. The molecule has 1 aromatic carbocycles. The van der Waals surface area contributed by atoms with Crippen LogP contribution >= 0.6 is 27.5 Å². The molecule has 1 fully saturated rings. The first-order chi connectivity index (χ1) is 10.2. The van der Waals surface area contributed by atoms with Gasteiger partial charge in [0.05, 0.1) is 0 Å². The second-order valence-electron chi connectivity index (χ2n) is 4.81. The van der Waals surface area contributed by atoms with E-state index in [-0.39, 0.29) is 6.23 Å². The number of benzene rings is 1. The predicted octanol–water partition coefficient (Wildman–Crippen LogP) is 3.97. The SMILES string of the molecule is Clc1ccccc1COc1nc(Br)n(C2CCCCO2)n1. The molecular formula is C14H15BrClN3O2. The normalized spacial score (nSPS) is 18.7. The molecule has 3 rings (SSSR count). The number of nitrogens with zero attached hydrogens (tertiary/aromatic N) is 3. The highest BCUT2D eigenvalue weighted by Crippen LogP contribution is 2.26. The van der Waals surface area contributed by atoms with E-state index < -0.39 is 0 Å². The van der Waals surface area contributed by atoms with Crippen molar-refractivity contribution in [3.63, 3.8) is 0 Å². The fourth-order valence-corrected chi connectivity index (χ4v) is 2.85. The summed E-state index contributed by atoms with van der Waals surface area (Å²) >= 11 is 9.49. The molecule has 0 N–H and O–H groups in total. The van der Waals surface area contributed by atoms with Crippen LogP contribution in [0.3, 0.4) is 0 Å². The summed E-state index contributed by atoms with van der Waals surface area (Å²) in [5.74, 6) is 0. The van der Waals surface area contributed by atoms with Crippen molar-refractivity contribution >= 4 is 27.5 Å². The van der Waals surface area contributed by atoms with Crippen LogP contribution in [0, 0.1) is 0 Å². The summed E-state index contributed by atoms with van der Waals surface area (Å²) in [6, 6.07) is 7.87. The van der Waals surface area contributed by atoms with Crippen molar-refractivity contribution in [3.8, 4) is 6.01 Å². The second kappa shape index (κ2) is 6.77. The standard InChI is InChI=1S/C14H15BrClN3O2/c15-13-17-14(18-19(13)12-7-3-4-8-20-12)21-9-10-5-1-2-6-11(10)16/h1-2,5-6,12H,3-4,7-9H2. The highest BCUT2D eigenvalue weighted by molar-refractivity contribution is 9.10. The van der Waals surface area contributed by atoms with Crippen molar-refractivity contribution in [2.45, 2.75) is 32.1 Å². The molecular weight excluding hydrogens is 358 g/mol. The molecule has 1 atom stereocenters. The van der Waals surface area contributed by atoms with E-state index in [2.05, 4.69) is 26.0 Å². The number of hydrogen-bond donors (Lipinski definition) is 0. The highest BCUT2D eigenvalue weighted by Gasteiger charge is 2.21. The van der Waals surface area contributed by atoms with Crippen LogP contribution in [0.5, 0.6) is 6.01 Å². The van der Waals surface area contributed by atoms with Gasteiger partial charge in [0.1, 0.15) is 6.61 Å². The molecule has 0 saturated carbocycles. The average Bonchev–Trinajstić information content (AvgIpc) is 2.88. The Morgan fingerprint density at radius 1 is 1.38 bits per heavy atom. The molecule has 1 unspecified atom stereocenters. The van der Waals surface area contributed by atoms with Crippen LogP contribution in [0.25, 0.3) is 0 Å². The van der Waals surface area contributed by atoms with Crippen molar-refractivity contribution in [1.29, 1.82) is 0 Å². The van der Waals surface area contributed by atoms with Crippen molar-refractivity contribution in [2.24, 2.45) is 0 Å². The maximum atomic E-state index is 6.09. The minimum atomic E-state index is -0.0710. The van der Waals surface area contributed by atoms with Crippen LogP contribution in [-0.4, -0.2) is 21.4 Å². The van der Waals surface area contributed by atoms with Gasteiger partial charge >= 0.3 is 6.01 Å². The van der Waals surface area contributed by atoms with Gasteiger partial charge in [-0.2, -0.15) is 4.98 Å². The Morgan fingerprint density at radius 2 is 2.24 bits per heavy atom. The molecule has 1 aliphatic heterocycles. The van der Waals surface area contributed by atoms with E-state index >= 15 is 0 Å². The third-order valence-corrected chi connectivity index (χ3v) is 4.22. The summed E-state index contributed by atoms with van der Waals surface area (Å²) in [5, 5.41) is 5.02. The molecule has 0 bridgehead atoms. The number of hydrogen-bond acceptors (Lipinski definition) is 4. The zero-order valence-corrected chi connectivity index (χ0v) is 13.7. The zero-order chi connectivity index (χ0) is 14.7. The summed E-state index contributed by atoms with van der Waals surface area (Å²) in [7, 11) is 0. The van der Waals surface area contributed by atoms with Crippen LogP contribution in [0.4, 0.5) is 0 Å². The van der Waals surface area contributed by atoms with Gasteiger partial charge in [-0.15, -0.1) is 5.10 Å². The number of ether oxygens (including phenoxy) is 2. The Balaban J connectivity index is 1.68. The Labute approximate surface area is 136 Å². The maximum absolute atomic E-state index is 6.09. The molecule has 112 valence electrons. The molecule has 0 spiro atoms. The highest BCUT2D eigenvalue weighted by atomic mass is 79.9. The van der Waals surface area contributed by atoms with Crippen molar-refractivity contribution in [2.75, 3.05) is 6.61 Å². The van der Waals surface area contributed by atoms with E-state index in [0.29, 0.717) is 22.4 Å². The molecule has 1 saturated heterocycles. The lowest BCUT2D eigenvalue weighted by atomic mass is 10.2. The summed E-state index contributed by atoms with van der Waals surface area (Å²) in [5.41, 5.74) is 0.903. The monoisotopic (exact) mass is 371 g/mol. The summed E-state index contributed by atoms with van der Waals surface area (Å²) in [6.45, 7) is 1.09. The Morgan fingerprint density at radius 3 is 3.00 bits per heavy atom. The first-order valence-corrected chi connectivity index (χ1v) is 8.01. The predicted molar refractivity (Wildman–Crippen MR) is 82.3 cm³/mol. The number of aromatic nitrogens is 3. The lowest BCUT2D eigenvalue weighted by molar-refractivity contribution is -0.0416. The molecule has 0 aliphatic carbocycles. The minimum Gasteiger partial charge on any atom is -0.457 e. The lowest BCUT2D eigenvalue weighted by Crippen LogP contribution is -2.19. The van der Waals surface area contributed by atoms with Gasteiger partial charge in [-0.25, -0.2) is 4.68 Å². The van der Waals surface area contributed by atoms with Crippen LogP contribution in [0.2, 0.25) is 5.02 Å². The molecule has 21 heavy (non-hydrogen) atoms. The van der Waals surface area contributed by atoms with E-state index in [4.69, 9.17) is 21.1 Å². The smallest absolute Gasteiger partial charge is 0.336 e. The van der Waals surface area contributed by atoms with Crippen LogP contribution < -0.4 is 4.74 Å². The molecule has 0 radical (unpaired) electrons. The molecule has 7 heteroatoms. The fourth-order valence-electron chi connectivity index (χ4n) is 2.20. The minimum absolute atomic E-state index is 0.0710. The maximum Gasteiger partial charge on any atom is 0.336 e. The van der Waals surface area contributed by atoms with Gasteiger partial charge < -0.3 is 9.47 Å². The van der Waals surface area contributed by atoms with Gasteiger partial charge in [0, 0.05) is 17.2 Å². The van der Waals surface area contributed by atoms with E-state index in [9.17, 15) is 0 Å². The van der Waals surface area contributed by atoms with Crippen LogP contribution in [0.15, 0.2) is 29.0 Å². The molecule has 5 nitrogen and oxygen atoms in total. The van der Waals surface area contributed by atoms with Crippen molar-refractivity contribution in [3.05, 3.63) is 39.6 Å². The third kappa shape index (κ3) is 3.56. The first kappa shape index (κ1) is 14.8. The van der Waals surface area contributed by atoms with Gasteiger partial charge in [-0.05, 0) is 41.3 Å². The third-order valence-electron chi connectivity index (χ3n) is 3.31.